The van der Waals surface area contributed by atoms with Gasteiger partial charge in [0.25, 0.3) is 0 Å². The number of benzene rings is 3. The molecule has 0 N–H and O–H groups in total. The number of aromatic nitrogens is 5. The van der Waals surface area contributed by atoms with Crippen LogP contribution >= 0.6 is 0 Å². The molecule has 9 nitrogen and oxygen atoms in total. The number of pyridine rings is 1. The summed E-state index contributed by atoms with van der Waals surface area (Å²) in [6.45, 7) is -7.58. The van der Waals surface area contributed by atoms with Crippen molar-refractivity contribution in [3.8, 4) is 28.8 Å². The molecular formula is C33H22F8N6O3. The lowest BCUT2D eigenvalue weighted by Crippen LogP contribution is -2.21. The lowest BCUT2D eigenvalue weighted by Gasteiger charge is -2.26. The van der Waals surface area contributed by atoms with Crippen LogP contribution in [0.5, 0.6) is 17.2 Å². The van der Waals surface area contributed by atoms with Crippen LogP contribution in [0.2, 0.25) is 0 Å². The van der Waals surface area contributed by atoms with E-state index in [9.17, 15) is 26.3 Å². The third-order valence-corrected chi connectivity index (χ3v) is 7.36. The van der Waals surface area contributed by atoms with Crippen LogP contribution in [0, 0.1) is 23.3 Å². The summed E-state index contributed by atoms with van der Waals surface area (Å²) in [4.78, 5) is 14.3. The van der Waals surface area contributed by atoms with Gasteiger partial charge in [-0.1, -0.05) is 18.2 Å². The standard InChI is InChI=1S/C33H22F8N6O3/c1-48-28-14-43-30(29-20-4-2-3-5-27(20)47(45-29)16-22-25(36)12-19(13-26(22)37)50-33(40)41)44-31(28)46(17-6-8-42-9-7-17)15-21-23(34)10-18(11-24(21)35)49-32(38)39/h2-14,32-33H,15-16H2,1H3. The van der Waals surface area contributed by atoms with Gasteiger partial charge in [-0.15, -0.1) is 0 Å². The zero-order valence-corrected chi connectivity index (χ0v) is 25.5. The molecule has 0 unspecified atom stereocenters. The monoisotopic (exact) mass is 702 g/mol. The smallest absolute Gasteiger partial charge is 0.387 e. The number of ether oxygens (including phenoxy) is 3. The normalized spacial score (nSPS) is 11.4. The number of anilines is 2. The maximum absolute atomic E-state index is 15.2. The number of fused-ring (bicyclic) bond motifs is 1. The second-order valence-electron chi connectivity index (χ2n) is 10.4. The van der Waals surface area contributed by atoms with E-state index >= 15 is 8.78 Å². The van der Waals surface area contributed by atoms with Crippen LogP contribution in [0.25, 0.3) is 22.4 Å². The lowest BCUT2D eigenvalue weighted by molar-refractivity contribution is -0.0509. The molecule has 0 saturated heterocycles. The SMILES string of the molecule is COc1cnc(-c2nn(Cc3c(F)cc(OC(F)F)cc3F)c3ccccc23)nc1N(Cc1c(F)cc(OC(F)F)cc1F)c1ccncc1. The number of methoxy groups -OCH3 is 1. The maximum atomic E-state index is 15.2. The molecular weight excluding hydrogens is 680 g/mol. The van der Waals surface area contributed by atoms with E-state index in [1.54, 1.807) is 24.3 Å². The highest BCUT2D eigenvalue weighted by molar-refractivity contribution is 5.92. The fourth-order valence-corrected chi connectivity index (χ4v) is 5.15. The molecule has 0 saturated carbocycles. The minimum atomic E-state index is -3.30. The Labute approximate surface area is 277 Å². The summed E-state index contributed by atoms with van der Waals surface area (Å²) in [6, 6.07) is 12.2. The minimum Gasteiger partial charge on any atom is -0.491 e. The van der Waals surface area contributed by atoms with Gasteiger partial charge in [-0.3, -0.25) is 9.67 Å². The van der Waals surface area contributed by atoms with Gasteiger partial charge >= 0.3 is 13.2 Å². The van der Waals surface area contributed by atoms with Gasteiger partial charge in [-0.25, -0.2) is 27.5 Å². The van der Waals surface area contributed by atoms with Gasteiger partial charge in [-0.05, 0) is 18.2 Å². The number of halogens is 8. The van der Waals surface area contributed by atoms with Gasteiger partial charge in [0.05, 0.1) is 31.9 Å². The molecule has 0 spiro atoms. The summed E-state index contributed by atoms with van der Waals surface area (Å²) in [7, 11) is 1.31. The van der Waals surface area contributed by atoms with Gasteiger partial charge in [0.1, 0.15) is 40.5 Å². The van der Waals surface area contributed by atoms with E-state index in [1.165, 1.54) is 47.4 Å². The first-order valence-corrected chi connectivity index (χ1v) is 14.4. The van der Waals surface area contributed by atoms with Crippen molar-refractivity contribution in [2.45, 2.75) is 26.3 Å². The molecule has 258 valence electrons. The van der Waals surface area contributed by atoms with Crippen molar-refractivity contribution in [2.75, 3.05) is 12.0 Å². The van der Waals surface area contributed by atoms with Crippen LogP contribution in [-0.2, 0) is 13.1 Å². The number of nitrogens with zero attached hydrogens (tertiary/aromatic N) is 6. The molecule has 0 fully saturated rings. The Balaban J connectivity index is 1.44. The predicted molar refractivity (Wildman–Crippen MR) is 162 cm³/mol. The second kappa shape index (κ2) is 14.2. The van der Waals surface area contributed by atoms with E-state index in [0.717, 1.165) is 0 Å². The van der Waals surface area contributed by atoms with Crippen molar-refractivity contribution in [3.63, 3.8) is 0 Å². The van der Waals surface area contributed by atoms with E-state index in [0.29, 0.717) is 40.9 Å². The van der Waals surface area contributed by atoms with Gasteiger partial charge in [0, 0.05) is 58.9 Å². The molecule has 0 radical (unpaired) electrons. The van der Waals surface area contributed by atoms with E-state index in [2.05, 4.69) is 29.5 Å². The van der Waals surface area contributed by atoms with Crippen LogP contribution in [0.3, 0.4) is 0 Å². The highest BCUT2D eigenvalue weighted by Crippen LogP contribution is 2.37. The zero-order valence-electron chi connectivity index (χ0n) is 25.5. The van der Waals surface area contributed by atoms with Gasteiger partial charge in [0.15, 0.2) is 17.4 Å². The highest BCUT2D eigenvalue weighted by atomic mass is 19.3. The minimum absolute atomic E-state index is 0.000691. The van der Waals surface area contributed by atoms with Crippen LogP contribution < -0.4 is 19.1 Å². The molecule has 0 bridgehead atoms. The van der Waals surface area contributed by atoms with E-state index < -0.39 is 72.2 Å². The quantitative estimate of drug-likeness (QED) is 0.119. The van der Waals surface area contributed by atoms with Crippen LogP contribution in [-0.4, -0.2) is 45.1 Å². The second-order valence-corrected chi connectivity index (χ2v) is 10.4. The third-order valence-electron chi connectivity index (χ3n) is 7.36. The van der Waals surface area contributed by atoms with E-state index in [4.69, 9.17) is 4.74 Å². The maximum Gasteiger partial charge on any atom is 0.387 e. The molecule has 17 heteroatoms. The fourth-order valence-electron chi connectivity index (χ4n) is 5.15. The first-order valence-electron chi connectivity index (χ1n) is 14.4. The summed E-state index contributed by atoms with van der Waals surface area (Å²) in [6.07, 6.45) is 4.12. The molecule has 3 heterocycles. The first kappa shape index (κ1) is 33.9. The van der Waals surface area contributed by atoms with Gasteiger partial charge < -0.3 is 19.1 Å². The molecule has 0 atom stereocenters. The van der Waals surface area contributed by atoms with Crippen molar-refractivity contribution in [1.82, 2.24) is 24.7 Å². The number of para-hydroxylation sites is 1. The van der Waals surface area contributed by atoms with E-state index in [-0.39, 0.29) is 23.1 Å². The number of rotatable bonds is 12. The van der Waals surface area contributed by atoms with E-state index in [1.807, 2.05) is 0 Å². The van der Waals surface area contributed by atoms with Gasteiger partial charge in [0.2, 0.25) is 0 Å². The molecule has 0 amide bonds. The summed E-state index contributed by atoms with van der Waals surface area (Å²) in [5, 5.41) is 4.97. The Morgan fingerprint density at radius 3 is 1.94 bits per heavy atom. The number of hydrogen-bond acceptors (Lipinski definition) is 8. The van der Waals surface area contributed by atoms with Crippen molar-refractivity contribution >= 4 is 22.4 Å². The highest BCUT2D eigenvalue weighted by Gasteiger charge is 2.25. The summed E-state index contributed by atoms with van der Waals surface area (Å²) in [5.74, 6) is -6.02. The Kier molecular flexibility index (Phi) is 9.65. The number of alkyl halides is 4. The average molecular weight is 703 g/mol. The molecule has 0 aliphatic heterocycles. The molecule has 3 aromatic carbocycles. The van der Waals surface area contributed by atoms with Gasteiger partial charge in [-0.2, -0.15) is 22.7 Å². The molecule has 6 aromatic rings. The number of hydrogen-bond donors (Lipinski definition) is 0. The first-order chi connectivity index (χ1) is 24.0. The molecule has 50 heavy (non-hydrogen) atoms. The van der Waals surface area contributed by atoms with Crippen LogP contribution in [0.4, 0.5) is 46.6 Å². The third kappa shape index (κ3) is 7.06. The Morgan fingerprint density at radius 2 is 1.36 bits per heavy atom. The van der Waals surface area contributed by atoms with Crippen molar-refractivity contribution in [1.29, 1.82) is 0 Å². The molecule has 6 rings (SSSR count). The Morgan fingerprint density at radius 1 is 0.780 bits per heavy atom. The topological polar surface area (TPSA) is 87.4 Å². The van der Waals surface area contributed by atoms with Crippen molar-refractivity contribution in [3.05, 3.63) is 114 Å². The predicted octanol–water partition coefficient (Wildman–Crippen LogP) is 8.04. The Bertz CT molecular complexity index is 2110. The summed E-state index contributed by atoms with van der Waals surface area (Å²) >= 11 is 0. The lowest BCUT2D eigenvalue weighted by atomic mass is 10.1. The molecule has 3 aromatic heterocycles. The summed E-state index contributed by atoms with van der Waals surface area (Å²) in [5.41, 5.74) is -0.120. The van der Waals surface area contributed by atoms with Crippen LogP contribution in [0.15, 0.2) is 79.3 Å². The largest absolute Gasteiger partial charge is 0.491 e. The Hall–Kier alpha value is -6.00. The van der Waals surface area contributed by atoms with Crippen molar-refractivity contribution in [2.24, 2.45) is 0 Å². The van der Waals surface area contributed by atoms with Crippen LogP contribution in [0.1, 0.15) is 11.1 Å². The fraction of sp³-hybridized carbons (Fsp3) is 0.152. The summed E-state index contributed by atoms with van der Waals surface area (Å²) < 4.78 is 126. The molecule has 0 aliphatic rings. The van der Waals surface area contributed by atoms with Crippen molar-refractivity contribution < 1.29 is 49.3 Å². The molecule has 0 aliphatic carbocycles. The average Bonchev–Trinajstić information content (AvgIpc) is 3.44. The zero-order chi connectivity index (χ0) is 35.5.